The van der Waals surface area contributed by atoms with Crippen molar-refractivity contribution in [3.8, 4) is 0 Å². The topological polar surface area (TPSA) is 79.6 Å². The summed E-state index contributed by atoms with van der Waals surface area (Å²) in [6.07, 6.45) is 6.98. The Bertz CT molecular complexity index is 1100. The molecular formula is C22H22ClN5O2. The van der Waals surface area contributed by atoms with Crippen LogP contribution < -0.4 is 5.32 Å². The highest BCUT2D eigenvalue weighted by atomic mass is 35.5. The summed E-state index contributed by atoms with van der Waals surface area (Å²) < 4.78 is 2.05. The number of halogens is 1. The number of anilines is 1. The Balaban J connectivity index is 1.26. The van der Waals surface area contributed by atoms with Crippen LogP contribution in [0.3, 0.4) is 0 Å². The van der Waals surface area contributed by atoms with E-state index in [-0.39, 0.29) is 17.7 Å². The lowest BCUT2D eigenvalue weighted by atomic mass is 9.95. The fourth-order valence-corrected chi connectivity index (χ4v) is 4.13. The number of fused-ring (bicyclic) bond motifs is 1. The zero-order valence-corrected chi connectivity index (χ0v) is 17.2. The number of likely N-dealkylation sites (tertiary alicyclic amines) is 1. The Kier molecular flexibility index (Phi) is 4.90. The van der Waals surface area contributed by atoms with Gasteiger partial charge >= 0.3 is 0 Å². The van der Waals surface area contributed by atoms with Crippen LogP contribution in [-0.2, 0) is 4.79 Å². The van der Waals surface area contributed by atoms with Crippen LogP contribution in [0, 0.1) is 5.92 Å². The Morgan fingerprint density at radius 3 is 2.57 bits per heavy atom. The van der Waals surface area contributed by atoms with Crippen molar-refractivity contribution >= 4 is 34.7 Å². The summed E-state index contributed by atoms with van der Waals surface area (Å²) in [6.45, 7) is 1.07. The zero-order valence-electron chi connectivity index (χ0n) is 16.4. The number of pyridine rings is 2. The van der Waals surface area contributed by atoms with Crippen molar-refractivity contribution in [1.82, 2.24) is 19.3 Å². The van der Waals surface area contributed by atoms with E-state index in [2.05, 4.69) is 10.3 Å². The maximum atomic E-state index is 13.2. The SMILES string of the molecule is O=C(Nc1ccc(Cl)cn1)C1CCN(C(=O)c2nc(C3CC3)n3ccccc23)CC1. The molecule has 5 rings (SSSR count). The molecule has 1 N–H and O–H groups in total. The molecule has 1 aliphatic carbocycles. The van der Waals surface area contributed by atoms with E-state index < -0.39 is 0 Å². The predicted octanol–water partition coefficient (Wildman–Crippen LogP) is 3.75. The number of carbonyl (C=O) groups excluding carboxylic acids is 2. The monoisotopic (exact) mass is 423 g/mol. The van der Waals surface area contributed by atoms with E-state index in [9.17, 15) is 9.59 Å². The molecule has 0 spiro atoms. The maximum Gasteiger partial charge on any atom is 0.274 e. The van der Waals surface area contributed by atoms with Gasteiger partial charge in [-0.25, -0.2) is 9.97 Å². The molecule has 2 fully saturated rings. The third kappa shape index (κ3) is 3.65. The third-order valence-corrected chi connectivity index (χ3v) is 6.08. The fourth-order valence-electron chi connectivity index (χ4n) is 4.02. The normalized spacial score (nSPS) is 17.3. The largest absolute Gasteiger partial charge is 0.337 e. The lowest BCUT2D eigenvalue weighted by Gasteiger charge is -2.30. The van der Waals surface area contributed by atoms with Crippen molar-refractivity contribution in [3.63, 3.8) is 0 Å². The molecular weight excluding hydrogens is 402 g/mol. The van der Waals surface area contributed by atoms with Gasteiger partial charge < -0.3 is 14.6 Å². The van der Waals surface area contributed by atoms with Gasteiger partial charge in [0.05, 0.1) is 10.5 Å². The van der Waals surface area contributed by atoms with Gasteiger partial charge in [-0.2, -0.15) is 0 Å². The second kappa shape index (κ2) is 7.72. The van der Waals surface area contributed by atoms with Crippen LogP contribution in [0.15, 0.2) is 42.7 Å². The van der Waals surface area contributed by atoms with Crippen LogP contribution in [0.5, 0.6) is 0 Å². The van der Waals surface area contributed by atoms with Crippen LogP contribution >= 0.6 is 11.6 Å². The molecule has 30 heavy (non-hydrogen) atoms. The Labute approximate surface area is 179 Å². The molecule has 1 saturated heterocycles. The van der Waals surface area contributed by atoms with Crippen LogP contribution in [-0.4, -0.2) is 44.2 Å². The Morgan fingerprint density at radius 1 is 1.07 bits per heavy atom. The zero-order chi connectivity index (χ0) is 20.7. The van der Waals surface area contributed by atoms with Crippen LogP contribution in [0.25, 0.3) is 5.52 Å². The molecule has 8 heteroatoms. The molecule has 1 saturated carbocycles. The molecule has 0 unspecified atom stereocenters. The van der Waals surface area contributed by atoms with E-state index in [4.69, 9.17) is 16.6 Å². The van der Waals surface area contributed by atoms with E-state index in [0.717, 1.165) is 24.2 Å². The standard InChI is InChI=1S/C22H22ClN5O2/c23-16-6-7-18(24-13-16)25-21(29)15-8-11-27(12-9-15)22(30)19-17-3-1-2-10-28(17)20(26-19)14-4-5-14/h1-3,6-7,10,13-15H,4-5,8-9,11-12H2,(H,24,25,29). The summed E-state index contributed by atoms with van der Waals surface area (Å²) in [5.74, 6) is 1.66. The number of hydrogen-bond donors (Lipinski definition) is 1. The number of nitrogens with zero attached hydrogens (tertiary/aromatic N) is 4. The molecule has 0 radical (unpaired) electrons. The lowest BCUT2D eigenvalue weighted by molar-refractivity contribution is -0.121. The minimum atomic E-state index is -0.146. The molecule has 1 aliphatic heterocycles. The first kappa shape index (κ1) is 19.1. The highest BCUT2D eigenvalue weighted by Crippen LogP contribution is 2.40. The van der Waals surface area contributed by atoms with Crippen LogP contribution in [0.1, 0.15) is 47.9 Å². The van der Waals surface area contributed by atoms with Crippen molar-refractivity contribution in [2.75, 3.05) is 18.4 Å². The smallest absolute Gasteiger partial charge is 0.274 e. The molecule has 154 valence electrons. The van der Waals surface area contributed by atoms with Gasteiger partial charge in [-0.3, -0.25) is 9.59 Å². The summed E-state index contributed by atoms with van der Waals surface area (Å²) in [6, 6.07) is 9.22. The first-order chi connectivity index (χ1) is 14.6. The van der Waals surface area contributed by atoms with Crippen molar-refractivity contribution in [2.24, 2.45) is 5.92 Å². The minimum absolute atomic E-state index is 0.0520. The van der Waals surface area contributed by atoms with Crippen LogP contribution in [0.4, 0.5) is 5.82 Å². The number of imidazole rings is 1. The first-order valence-electron chi connectivity index (χ1n) is 10.3. The quantitative estimate of drug-likeness (QED) is 0.693. The molecule has 0 atom stereocenters. The molecule has 4 heterocycles. The van der Waals surface area contributed by atoms with Crippen molar-refractivity contribution in [1.29, 1.82) is 0 Å². The van der Waals surface area contributed by atoms with Gasteiger partial charge in [0.25, 0.3) is 5.91 Å². The highest BCUT2D eigenvalue weighted by molar-refractivity contribution is 6.30. The molecule has 0 bridgehead atoms. The van der Waals surface area contributed by atoms with E-state index in [1.165, 1.54) is 6.20 Å². The molecule has 3 aromatic heterocycles. The van der Waals surface area contributed by atoms with E-state index in [0.29, 0.717) is 48.4 Å². The number of rotatable bonds is 4. The summed E-state index contributed by atoms with van der Waals surface area (Å²) in [7, 11) is 0. The predicted molar refractivity (Wildman–Crippen MR) is 114 cm³/mol. The second-order valence-corrected chi connectivity index (χ2v) is 8.40. The van der Waals surface area contributed by atoms with E-state index >= 15 is 0 Å². The molecule has 7 nitrogen and oxygen atoms in total. The van der Waals surface area contributed by atoms with Crippen molar-refractivity contribution in [3.05, 3.63) is 59.3 Å². The number of aromatic nitrogens is 3. The Morgan fingerprint density at radius 2 is 1.87 bits per heavy atom. The van der Waals surface area contributed by atoms with Crippen molar-refractivity contribution in [2.45, 2.75) is 31.6 Å². The maximum absolute atomic E-state index is 13.2. The average molecular weight is 424 g/mol. The van der Waals surface area contributed by atoms with Gasteiger partial charge in [-0.05, 0) is 49.9 Å². The first-order valence-corrected chi connectivity index (χ1v) is 10.7. The fraction of sp³-hybridized carbons (Fsp3) is 0.364. The Hall–Kier alpha value is -2.93. The molecule has 2 amide bonds. The number of nitrogens with one attached hydrogen (secondary N) is 1. The van der Waals surface area contributed by atoms with Gasteiger partial charge in [0.2, 0.25) is 5.91 Å². The van der Waals surface area contributed by atoms with E-state index in [1.807, 2.05) is 33.7 Å². The van der Waals surface area contributed by atoms with Gasteiger partial charge in [-0.15, -0.1) is 0 Å². The molecule has 0 aromatic carbocycles. The summed E-state index contributed by atoms with van der Waals surface area (Å²) in [5, 5.41) is 3.36. The number of hydrogen-bond acceptors (Lipinski definition) is 4. The number of amides is 2. The molecule has 3 aromatic rings. The van der Waals surface area contributed by atoms with E-state index in [1.54, 1.807) is 12.1 Å². The van der Waals surface area contributed by atoms with Crippen molar-refractivity contribution < 1.29 is 9.59 Å². The highest BCUT2D eigenvalue weighted by Gasteiger charge is 2.33. The second-order valence-electron chi connectivity index (χ2n) is 7.97. The van der Waals surface area contributed by atoms with Gasteiger partial charge in [0.1, 0.15) is 11.6 Å². The third-order valence-electron chi connectivity index (χ3n) is 5.85. The lowest BCUT2D eigenvalue weighted by Crippen LogP contribution is -2.41. The average Bonchev–Trinajstić information content (AvgIpc) is 3.55. The van der Waals surface area contributed by atoms with Gasteiger partial charge in [0, 0.05) is 37.3 Å². The summed E-state index contributed by atoms with van der Waals surface area (Å²) in [4.78, 5) is 36.4. The number of carbonyl (C=O) groups is 2. The summed E-state index contributed by atoms with van der Waals surface area (Å²) >= 11 is 5.83. The van der Waals surface area contributed by atoms with Gasteiger partial charge in [0.15, 0.2) is 5.69 Å². The van der Waals surface area contributed by atoms with Crippen LogP contribution in [0.2, 0.25) is 5.02 Å². The number of piperidine rings is 1. The molecule has 2 aliphatic rings. The summed E-state index contributed by atoms with van der Waals surface area (Å²) in [5.41, 5.74) is 1.38. The minimum Gasteiger partial charge on any atom is -0.337 e. The van der Waals surface area contributed by atoms with Gasteiger partial charge in [-0.1, -0.05) is 17.7 Å².